The first kappa shape index (κ1) is 51.1. The number of nitrogens with one attached hydrogen (secondary N) is 1. The molecule has 0 aliphatic carbocycles. The maximum atomic E-state index is 14.2. The number of amides is 1. The molecule has 2 fully saturated rings. The normalized spacial score (nSPS) is 16.5. The van der Waals surface area contributed by atoms with Crippen LogP contribution in [0.15, 0.2) is 70.5 Å². The quantitative estimate of drug-likeness (QED) is 0.147. The third-order valence-corrected chi connectivity index (χ3v) is 13.6. The smallest absolute Gasteiger partial charge is 0.410 e. The van der Waals surface area contributed by atoms with Crippen LogP contribution >= 0.6 is 0 Å². The van der Waals surface area contributed by atoms with Gasteiger partial charge in [0.05, 0.1) is 63.8 Å². The number of piperidine rings is 2. The Morgan fingerprint density at radius 2 is 1.14 bits per heavy atom. The van der Waals surface area contributed by atoms with Crippen molar-refractivity contribution in [3.8, 4) is 23.0 Å². The molecule has 0 aromatic carbocycles. The van der Waals surface area contributed by atoms with Gasteiger partial charge in [-0.05, 0) is 85.5 Å². The van der Waals surface area contributed by atoms with E-state index in [1.165, 1.54) is 24.3 Å². The van der Waals surface area contributed by atoms with E-state index in [1.807, 2.05) is 32.9 Å². The molecular formula is C53H64F2N10O8. The zero-order chi connectivity index (χ0) is 51.2. The van der Waals surface area contributed by atoms with Crippen LogP contribution in [0.25, 0.3) is 22.1 Å². The van der Waals surface area contributed by atoms with Gasteiger partial charge in [0.25, 0.3) is 11.1 Å². The monoisotopic (exact) mass is 1010 g/mol. The molecule has 4 aliphatic heterocycles. The minimum atomic E-state index is -0.630. The van der Waals surface area contributed by atoms with E-state index in [-0.39, 0.29) is 29.1 Å². The molecule has 1 N–H and O–H groups in total. The second-order valence-corrected chi connectivity index (χ2v) is 19.9. The molecule has 4 aliphatic rings. The van der Waals surface area contributed by atoms with Crippen molar-refractivity contribution in [3.05, 3.63) is 116 Å². The van der Waals surface area contributed by atoms with E-state index < -0.39 is 11.4 Å². The van der Waals surface area contributed by atoms with Gasteiger partial charge in [-0.1, -0.05) is 0 Å². The van der Waals surface area contributed by atoms with Crippen molar-refractivity contribution in [1.29, 1.82) is 0 Å². The number of rotatable bonds is 12. The van der Waals surface area contributed by atoms with Crippen molar-refractivity contribution in [2.75, 3.05) is 65.7 Å². The topological polar surface area (TPSA) is 181 Å². The lowest BCUT2D eigenvalue weighted by atomic mass is 10.0. The van der Waals surface area contributed by atoms with Crippen molar-refractivity contribution in [3.63, 3.8) is 0 Å². The number of hydrogen-bond donors (Lipinski definition) is 1. The van der Waals surface area contributed by atoms with Gasteiger partial charge < -0.3 is 47.9 Å². The zero-order valence-corrected chi connectivity index (χ0v) is 42.2. The summed E-state index contributed by atoms with van der Waals surface area (Å²) in [6, 6.07) is 13.2. The number of carbonyl (C=O) groups excluding carboxylic acids is 1. The third kappa shape index (κ3) is 12.7. The maximum absolute atomic E-state index is 14.2. The van der Waals surface area contributed by atoms with E-state index in [4.69, 9.17) is 23.7 Å². The molecule has 388 valence electrons. The van der Waals surface area contributed by atoms with Crippen LogP contribution in [0.5, 0.6) is 23.0 Å². The molecule has 73 heavy (non-hydrogen) atoms. The van der Waals surface area contributed by atoms with Gasteiger partial charge in [-0.15, -0.1) is 0 Å². The summed E-state index contributed by atoms with van der Waals surface area (Å²) in [6.45, 7) is 17.5. The van der Waals surface area contributed by atoms with Crippen LogP contribution in [0, 0.1) is 25.5 Å². The highest BCUT2D eigenvalue weighted by molar-refractivity contribution is 5.75. The molecule has 18 nitrogen and oxygen atoms in total. The molecule has 2 saturated heterocycles. The summed E-state index contributed by atoms with van der Waals surface area (Å²) in [7, 11) is 0. The summed E-state index contributed by atoms with van der Waals surface area (Å²) < 4.78 is 59.7. The van der Waals surface area contributed by atoms with Crippen LogP contribution in [-0.4, -0.2) is 133 Å². The van der Waals surface area contributed by atoms with E-state index in [0.29, 0.717) is 122 Å². The van der Waals surface area contributed by atoms with E-state index in [2.05, 4.69) is 35.1 Å². The standard InChI is InChI=1S/C29H36FN5O5.C24H28FN5O3/c1-19-22(30)16-24-23(32-19)5-6-27(36)34(24)12-11-33-9-7-21(8-10-33)35(28(37)40-29(2,3)4)18-20-15-25-26(17-31-20)39-14-13-38-25;1-16-19(25)13-21-20(28-16)2-3-24(31)30(21)9-8-29-6-4-17(5-7-29)26-14-18-12-22-23(15-27-18)33-11-10-32-22/h5-6,15-17,21H,7-14,18H2,1-4H3;2-3,12-13,15,17,26H,4-11,14H2,1H3. The van der Waals surface area contributed by atoms with Gasteiger partial charge in [0.1, 0.15) is 43.7 Å². The van der Waals surface area contributed by atoms with Crippen molar-refractivity contribution in [1.82, 2.24) is 49.1 Å². The minimum Gasteiger partial charge on any atom is -0.486 e. The first-order valence-electron chi connectivity index (χ1n) is 25.1. The van der Waals surface area contributed by atoms with Gasteiger partial charge in [-0.3, -0.25) is 24.5 Å². The minimum absolute atomic E-state index is 0.0392. The van der Waals surface area contributed by atoms with E-state index >= 15 is 0 Å². The molecule has 0 atom stereocenters. The highest BCUT2D eigenvalue weighted by Gasteiger charge is 2.32. The van der Waals surface area contributed by atoms with Crippen LogP contribution in [0.1, 0.15) is 69.2 Å². The molecule has 20 heteroatoms. The fourth-order valence-electron chi connectivity index (χ4n) is 9.58. The van der Waals surface area contributed by atoms with Crippen molar-refractivity contribution in [2.45, 2.75) is 104 Å². The Bertz CT molecular complexity index is 3060. The summed E-state index contributed by atoms with van der Waals surface area (Å²) >= 11 is 0. The zero-order valence-electron chi connectivity index (χ0n) is 42.2. The number of carbonyl (C=O) groups is 1. The van der Waals surface area contributed by atoms with Crippen molar-refractivity contribution >= 4 is 28.2 Å². The Morgan fingerprint density at radius 1 is 0.671 bits per heavy atom. The second-order valence-electron chi connectivity index (χ2n) is 19.9. The van der Waals surface area contributed by atoms with Crippen molar-refractivity contribution in [2.24, 2.45) is 0 Å². The Balaban J connectivity index is 0.000000183. The number of likely N-dealkylation sites (tertiary alicyclic amines) is 2. The van der Waals surface area contributed by atoms with E-state index in [9.17, 15) is 23.2 Å². The average molecular weight is 1010 g/mol. The predicted molar refractivity (Wildman–Crippen MR) is 269 cm³/mol. The van der Waals surface area contributed by atoms with E-state index in [1.54, 1.807) is 52.4 Å². The van der Waals surface area contributed by atoms with Crippen molar-refractivity contribution < 1.29 is 37.3 Å². The summed E-state index contributed by atoms with van der Waals surface area (Å²) in [5.41, 5.74) is 3.62. The molecule has 0 radical (unpaired) electrons. The van der Waals surface area contributed by atoms with Gasteiger partial charge in [-0.2, -0.15) is 0 Å². The Morgan fingerprint density at radius 3 is 1.64 bits per heavy atom. The molecule has 1 amide bonds. The molecule has 0 unspecified atom stereocenters. The Kier molecular flexibility index (Phi) is 15.8. The molecule has 10 heterocycles. The van der Waals surface area contributed by atoms with E-state index in [0.717, 1.165) is 69.9 Å². The largest absolute Gasteiger partial charge is 0.486 e. The molecule has 6 aromatic heterocycles. The predicted octanol–water partition coefficient (Wildman–Crippen LogP) is 6.18. The molecule has 0 saturated carbocycles. The number of aromatic nitrogens is 6. The number of nitrogens with zero attached hydrogens (tertiary/aromatic N) is 9. The number of halogens is 2. The van der Waals surface area contributed by atoms with Gasteiger partial charge in [0, 0.05) is 94.3 Å². The van der Waals surface area contributed by atoms with Crippen LogP contribution in [-0.2, 0) is 30.9 Å². The molecule has 0 bridgehead atoms. The summed E-state index contributed by atoms with van der Waals surface area (Å²) in [6.07, 6.45) is 6.50. The summed E-state index contributed by atoms with van der Waals surface area (Å²) in [4.78, 5) is 62.2. The van der Waals surface area contributed by atoms with Gasteiger partial charge in [-0.25, -0.2) is 23.5 Å². The number of ether oxygens (including phenoxy) is 5. The van der Waals surface area contributed by atoms with Gasteiger partial charge in [0.15, 0.2) is 23.0 Å². The lowest BCUT2D eigenvalue weighted by Crippen LogP contribution is -2.49. The Labute approximate surface area is 422 Å². The lowest BCUT2D eigenvalue weighted by molar-refractivity contribution is 0.00528. The first-order valence-corrected chi connectivity index (χ1v) is 25.1. The molecule has 6 aromatic rings. The average Bonchev–Trinajstić information content (AvgIpc) is 3.38. The summed E-state index contributed by atoms with van der Waals surface area (Å²) in [5, 5.41) is 3.59. The fourth-order valence-corrected chi connectivity index (χ4v) is 9.58. The molecule has 10 rings (SSSR count). The molecular weight excluding hydrogens is 943 g/mol. The number of pyridine rings is 6. The van der Waals surface area contributed by atoms with Crippen LogP contribution < -0.4 is 35.4 Å². The highest BCUT2D eigenvalue weighted by Crippen LogP contribution is 2.32. The van der Waals surface area contributed by atoms with Crippen LogP contribution in [0.2, 0.25) is 0 Å². The molecule has 0 spiro atoms. The number of hydrogen-bond acceptors (Lipinski definition) is 15. The fraction of sp³-hybridized carbons (Fsp3) is 0.491. The number of fused-ring (bicyclic) bond motifs is 4. The van der Waals surface area contributed by atoms with Gasteiger partial charge in [0.2, 0.25) is 0 Å². The lowest BCUT2D eigenvalue weighted by Gasteiger charge is -2.39. The maximum Gasteiger partial charge on any atom is 0.410 e. The Hall–Kier alpha value is -6.77. The first-order chi connectivity index (χ1) is 35.1. The highest BCUT2D eigenvalue weighted by atomic mass is 19.1. The number of aryl methyl sites for hydroxylation is 2. The SMILES string of the molecule is Cc1nc2ccc(=O)n(CCN3CCC(N(Cc4cc5c(cn4)OCCO5)C(=O)OC(C)(C)C)CC3)c2cc1F.Cc1nc2ccc(=O)n(CCN3CCC(NCc4cc5c(cn4)OCCO5)CC3)c2cc1F. The van der Waals surface area contributed by atoms with Crippen LogP contribution in [0.4, 0.5) is 13.6 Å². The summed E-state index contributed by atoms with van der Waals surface area (Å²) in [5.74, 6) is 1.88. The van der Waals surface area contributed by atoms with Gasteiger partial charge >= 0.3 is 6.09 Å². The van der Waals surface area contributed by atoms with Crippen LogP contribution in [0.3, 0.4) is 0 Å². The third-order valence-electron chi connectivity index (χ3n) is 13.6. The second kappa shape index (κ2) is 22.6.